The lowest BCUT2D eigenvalue weighted by Gasteiger charge is -2.22. The summed E-state index contributed by atoms with van der Waals surface area (Å²) in [6.45, 7) is 0.00676. The van der Waals surface area contributed by atoms with Gasteiger partial charge in [-0.25, -0.2) is 4.39 Å². The predicted octanol–water partition coefficient (Wildman–Crippen LogP) is 6.05. The molecule has 0 aliphatic carbocycles. The van der Waals surface area contributed by atoms with E-state index in [-0.39, 0.29) is 24.4 Å². The summed E-state index contributed by atoms with van der Waals surface area (Å²) in [5.41, 5.74) is -0.575. The molecule has 37 heavy (non-hydrogen) atoms. The lowest BCUT2D eigenvalue weighted by molar-refractivity contribution is -0.137. The topological polar surface area (TPSA) is 76.8 Å². The molecule has 0 spiro atoms. The van der Waals surface area contributed by atoms with Gasteiger partial charge in [-0.15, -0.1) is 0 Å². The Kier molecular flexibility index (Phi) is 7.35. The summed E-state index contributed by atoms with van der Waals surface area (Å²) in [5, 5.41) is 0. The molecule has 1 heterocycles. The van der Waals surface area contributed by atoms with Crippen LogP contribution in [0.5, 0.6) is 5.75 Å². The molecule has 4 rings (SSSR count). The molecule has 0 fully saturated rings. The molecule has 0 aliphatic heterocycles. The lowest BCUT2D eigenvalue weighted by atomic mass is 10.1. The number of alkyl halides is 3. The van der Waals surface area contributed by atoms with Gasteiger partial charge in [-0.05, 0) is 66.2 Å². The summed E-state index contributed by atoms with van der Waals surface area (Å²) < 4.78 is 88.4. The Balaban J connectivity index is 1.58. The molecule has 0 aliphatic rings. The molecule has 1 aromatic heterocycles. The fourth-order valence-electron chi connectivity index (χ4n) is 3.51. The second kappa shape index (κ2) is 10.5. The number of nitrogens with zero attached hydrogens (tertiary/aromatic N) is 1. The number of carbonyl (C=O) groups is 1. The summed E-state index contributed by atoms with van der Waals surface area (Å²) in [5.74, 6) is -0.784. The van der Waals surface area contributed by atoms with E-state index in [1.54, 1.807) is 18.2 Å². The van der Waals surface area contributed by atoms with Crippen molar-refractivity contribution in [1.82, 2.24) is 4.90 Å². The summed E-state index contributed by atoms with van der Waals surface area (Å²) in [7, 11) is -4.58. The third-order valence-corrected chi connectivity index (χ3v) is 6.46. The third kappa shape index (κ3) is 6.56. The van der Waals surface area contributed by atoms with Gasteiger partial charge in [0.05, 0.1) is 18.4 Å². The van der Waals surface area contributed by atoms with E-state index in [1.807, 2.05) is 0 Å². The van der Waals surface area contributed by atoms with Crippen LogP contribution < -0.4 is 4.18 Å². The zero-order chi connectivity index (χ0) is 26.6. The van der Waals surface area contributed by atoms with Crippen LogP contribution in [0.2, 0.25) is 0 Å². The fourth-order valence-corrected chi connectivity index (χ4v) is 4.48. The van der Waals surface area contributed by atoms with E-state index in [2.05, 4.69) is 0 Å². The van der Waals surface area contributed by atoms with Gasteiger partial charge < -0.3 is 13.5 Å². The zero-order valence-corrected chi connectivity index (χ0v) is 19.8. The summed E-state index contributed by atoms with van der Waals surface area (Å²) in [6.07, 6.45) is -3.29. The van der Waals surface area contributed by atoms with Crippen LogP contribution in [-0.4, -0.2) is 19.2 Å². The van der Waals surface area contributed by atoms with Crippen molar-refractivity contribution in [2.75, 3.05) is 0 Å². The molecular weight excluding hydrogens is 514 g/mol. The van der Waals surface area contributed by atoms with E-state index in [4.69, 9.17) is 8.60 Å². The first-order valence-corrected chi connectivity index (χ1v) is 12.2. The maximum absolute atomic E-state index is 13.7. The van der Waals surface area contributed by atoms with Crippen molar-refractivity contribution in [3.05, 3.63) is 119 Å². The van der Waals surface area contributed by atoms with Gasteiger partial charge in [0, 0.05) is 12.1 Å². The van der Waals surface area contributed by atoms with Crippen LogP contribution in [0.4, 0.5) is 17.6 Å². The number of carbonyl (C=O) groups excluding carboxylic acids is 1. The molecule has 3 aromatic carbocycles. The number of hydrogen-bond donors (Lipinski definition) is 0. The van der Waals surface area contributed by atoms with E-state index < -0.39 is 38.5 Å². The van der Waals surface area contributed by atoms with E-state index in [1.165, 1.54) is 47.6 Å². The van der Waals surface area contributed by atoms with Crippen molar-refractivity contribution >= 4 is 16.0 Å². The highest BCUT2D eigenvalue weighted by molar-refractivity contribution is 7.87. The number of benzene rings is 3. The van der Waals surface area contributed by atoms with Gasteiger partial charge >= 0.3 is 16.3 Å². The van der Waals surface area contributed by atoms with E-state index in [0.29, 0.717) is 17.4 Å². The van der Waals surface area contributed by atoms with E-state index in [9.17, 15) is 30.8 Å². The number of amides is 1. The number of furan rings is 1. The van der Waals surface area contributed by atoms with Crippen LogP contribution in [0.15, 0.2) is 101 Å². The standard InChI is InChI=1S/C26H19F4NO5S/c27-21-8-2-6-19(14-21)25(32)31(17-23-10-4-12-35-23)16-18-5-1-9-22(13-18)36-37(33,34)24-11-3-7-20(15-24)26(28,29)30/h1-15H,16-17H2. The molecule has 0 saturated carbocycles. The molecule has 0 bridgehead atoms. The smallest absolute Gasteiger partial charge is 0.416 e. The average Bonchev–Trinajstić information content (AvgIpc) is 3.36. The summed E-state index contributed by atoms with van der Waals surface area (Å²) in [6, 6.07) is 17.4. The number of rotatable bonds is 8. The van der Waals surface area contributed by atoms with Crippen LogP contribution in [0, 0.1) is 5.82 Å². The van der Waals surface area contributed by atoms with Gasteiger partial charge in [0.1, 0.15) is 22.2 Å². The third-order valence-electron chi connectivity index (χ3n) is 5.21. The Labute approximate surface area is 209 Å². The molecule has 4 aromatic rings. The molecule has 6 nitrogen and oxygen atoms in total. The van der Waals surface area contributed by atoms with Gasteiger partial charge in [0.25, 0.3) is 5.91 Å². The maximum Gasteiger partial charge on any atom is 0.416 e. The van der Waals surface area contributed by atoms with E-state index >= 15 is 0 Å². The van der Waals surface area contributed by atoms with Crippen molar-refractivity contribution < 1.29 is 39.4 Å². The highest BCUT2D eigenvalue weighted by Crippen LogP contribution is 2.31. The highest BCUT2D eigenvalue weighted by atomic mass is 32.2. The lowest BCUT2D eigenvalue weighted by Crippen LogP contribution is -2.30. The number of hydrogen-bond acceptors (Lipinski definition) is 5. The van der Waals surface area contributed by atoms with Crippen molar-refractivity contribution in [3.8, 4) is 5.75 Å². The minimum absolute atomic E-state index is 0.0309. The SMILES string of the molecule is O=C(c1cccc(F)c1)N(Cc1cccc(OS(=O)(=O)c2cccc(C(F)(F)F)c2)c1)Cc1ccco1. The highest BCUT2D eigenvalue weighted by Gasteiger charge is 2.32. The van der Waals surface area contributed by atoms with Crippen molar-refractivity contribution in [2.24, 2.45) is 0 Å². The van der Waals surface area contributed by atoms with Crippen LogP contribution in [-0.2, 0) is 29.4 Å². The Morgan fingerprint density at radius 3 is 2.35 bits per heavy atom. The van der Waals surface area contributed by atoms with Gasteiger partial charge in [0.2, 0.25) is 0 Å². The van der Waals surface area contributed by atoms with Crippen LogP contribution in [0.25, 0.3) is 0 Å². The molecule has 1 amide bonds. The first-order valence-electron chi connectivity index (χ1n) is 10.8. The van der Waals surface area contributed by atoms with Gasteiger partial charge in [-0.1, -0.05) is 24.3 Å². The second-order valence-electron chi connectivity index (χ2n) is 7.96. The molecule has 0 N–H and O–H groups in total. The largest absolute Gasteiger partial charge is 0.467 e. The second-order valence-corrected chi connectivity index (χ2v) is 9.51. The minimum Gasteiger partial charge on any atom is -0.467 e. The van der Waals surface area contributed by atoms with Gasteiger partial charge in [-0.3, -0.25) is 4.79 Å². The van der Waals surface area contributed by atoms with Crippen molar-refractivity contribution in [2.45, 2.75) is 24.2 Å². The van der Waals surface area contributed by atoms with Gasteiger partial charge in [0.15, 0.2) is 0 Å². The predicted molar refractivity (Wildman–Crippen MR) is 124 cm³/mol. The van der Waals surface area contributed by atoms with Crippen LogP contribution in [0.1, 0.15) is 27.2 Å². The van der Waals surface area contributed by atoms with E-state index in [0.717, 1.165) is 24.3 Å². The van der Waals surface area contributed by atoms with Gasteiger partial charge in [-0.2, -0.15) is 21.6 Å². The summed E-state index contributed by atoms with van der Waals surface area (Å²) >= 11 is 0. The Bertz CT molecular complexity index is 1500. The molecule has 192 valence electrons. The van der Waals surface area contributed by atoms with Crippen LogP contribution >= 0.6 is 0 Å². The molecule has 0 radical (unpaired) electrons. The maximum atomic E-state index is 13.7. The number of halogens is 4. The summed E-state index contributed by atoms with van der Waals surface area (Å²) in [4.78, 5) is 13.8. The Hall–Kier alpha value is -4.12. The quantitative estimate of drug-likeness (QED) is 0.204. The molecule has 11 heteroatoms. The monoisotopic (exact) mass is 533 g/mol. The van der Waals surface area contributed by atoms with Crippen molar-refractivity contribution in [3.63, 3.8) is 0 Å². The minimum atomic E-state index is -4.73. The Morgan fingerprint density at radius 1 is 0.892 bits per heavy atom. The zero-order valence-electron chi connectivity index (χ0n) is 19.0. The molecule has 0 unspecified atom stereocenters. The van der Waals surface area contributed by atoms with Crippen molar-refractivity contribution in [1.29, 1.82) is 0 Å². The molecule has 0 atom stereocenters. The average molecular weight is 533 g/mol. The normalized spacial score (nSPS) is 11.8. The Morgan fingerprint density at radius 2 is 1.65 bits per heavy atom. The first-order chi connectivity index (χ1) is 17.5. The fraction of sp³-hybridized carbons (Fsp3) is 0.115. The first kappa shape index (κ1) is 26.0. The molecule has 0 saturated heterocycles. The van der Waals surface area contributed by atoms with Crippen LogP contribution in [0.3, 0.4) is 0 Å². The molecular formula is C26H19F4NO5S.